The van der Waals surface area contributed by atoms with Gasteiger partial charge in [0.1, 0.15) is 5.75 Å². The van der Waals surface area contributed by atoms with Gasteiger partial charge in [0.2, 0.25) is 5.89 Å². The Balaban J connectivity index is 2.59. The van der Waals surface area contributed by atoms with Crippen LogP contribution in [0.5, 0.6) is 0 Å². The number of rotatable bonds is 5. The van der Waals surface area contributed by atoms with E-state index in [4.69, 9.17) is 10.3 Å². The second-order valence-corrected chi connectivity index (χ2v) is 8.04. The van der Waals surface area contributed by atoms with Gasteiger partial charge in [0.15, 0.2) is 15.7 Å². The minimum absolute atomic E-state index is 0.0727. The Morgan fingerprint density at radius 2 is 2.00 bits per heavy atom. The molecule has 104 valence electrons. The molecule has 0 radical (unpaired) electrons. The average molecular weight is 275 g/mol. The van der Waals surface area contributed by atoms with Gasteiger partial charge in [-0.05, 0) is 11.8 Å². The van der Waals surface area contributed by atoms with Crippen molar-refractivity contribution in [3.8, 4) is 0 Å². The van der Waals surface area contributed by atoms with Crippen molar-refractivity contribution in [1.29, 1.82) is 0 Å². The highest BCUT2D eigenvalue weighted by Crippen LogP contribution is 2.21. The molecule has 1 heterocycles. The second-order valence-electron chi connectivity index (χ2n) is 5.90. The van der Waals surface area contributed by atoms with Gasteiger partial charge in [0, 0.05) is 18.7 Å². The van der Waals surface area contributed by atoms with Gasteiger partial charge < -0.3 is 10.3 Å². The van der Waals surface area contributed by atoms with Crippen LogP contribution in [0.15, 0.2) is 4.52 Å². The Labute approximate surface area is 108 Å². The number of aromatic nitrogens is 2. The number of sulfone groups is 1. The fourth-order valence-corrected chi connectivity index (χ4v) is 2.34. The van der Waals surface area contributed by atoms with Crippen LogP contribution in [0.2, 0.25) is 0 Å². The zero-order chi connectivity index (χ0) is 14.0. The van der Waals surface area contributed by atoms with Crippen molar-refractivity contribution in [3.63, 3.8) is 0 Å². The molecule has 0 saturated carbocycles. The summed E-state index contributed by atoms with van der Waals surface area (Å²) in [6.07, 6.45) is 2.43. The summed E-state index contributed by atoms with van der Waals surface area (Å²) >= 11 is 0. The predicted molar refractivity (Wildman–Crippen MR) is 68.6 cm³/mol. The Hall–Kier alpha value is -0.950. The van der Waals surface area contributed by atoms with Crippen LogP contribution in [0.25, 0.3) is 0 Å². The van der Waals surface area contributed by atoms with Crippen LogP contribution in [-0.4, -0.2) is 30.9 Å². The van der Waals surface area contributed by atoms with Crippen molar-refractivity contribution in [3.05, 3.63) is 11.7 Å². The first-order valence-corrected chi connectivity index (χ1v) is 7.86. The van der Waals surface area contributed by atoms with Crippen LogP contribution in [0, 0.1) is 5.41 Å². The molecule has 0 fully saturated rings. The maximum Gasteiger partial charge on any atom is 0.228 e. The van der Waals surface area contributed by atoms with Gasteiger partial charge in [0.05, 0.1) is 0 Å². The highest BCUT2D eigenvalue weighted by molar-refractivity contribution is 7.89. The zero-order valence-electron chi connectivity index (χ0n) is 11.3. The van der Waals surface area contributed by atoms with Crippen molar-refractivity contribution < 1.29 is 12.9 Å². The summed E-state index contributed by atoms with van der Waals surface area (Å²) in [5, 5.41) is 3.63. The summed E-state index contributed by atoms with van der Waals surface area (Å²) in [4.78, 5) is 4.03. The molecular weight excluding hydrogens is 254 g/mol. The number of hydrogen-bond donors (Lipinski definition) is 1. The van der Waals surface area contributed by atoms with Crippen LogP contribution in [0.3, 0.4) is 0 Å². The fourth-order valence-electron chi connectivity index (χ4n) is 1.75. The van der Waals surface area contributed by atoms with E-state index < -0.39 is 9.84 Å². The van der Waals surface area contributed by atoms with Crippen LogP contribution in [0.1, 0.15) is 38.9 Å². The lowest BCUT2D eigenvalue weighted by molar-refractivity contribution is 0.312. The molecule has 1 atom stereocenters. The first-order valence-electron chi connectivity index (χ1n) is 5.80. The van der Waals surface area contributed by atoms with E-state index in [0.29, 0.717) is 12.3 Å². The third kappa shape index (κ3) is 6.11. The summed E-state index contributed by atoms with van der Waals surface area (Å²) in [6.45, 7) is 6.32. The van der Waals surface area contributed by atoms with Crippen molar-refractivity contribution in [1.82, 2.24) is 10.1 Å². The van der Waals surface area contributed by atoms with Crippen LogP contribution >= 0.6 is 0 Å². The summed E-state index contributed by atoms with van der Waals surface area (Å²) in [5.74, 6) is 0.381. The molecule has 0 spiro atoms. The molecule has 0 bridgehead atoms. The van der Waals surface area contributed by atoms with E-state index in [-0.39, 0.29) is 23.0 Å². The molecule has 0 aliphatic rings. The predicted octanol–water partition coefficient (Wildman–Crippen LogP) is 0.920. The van der Waals surface area contributed by atoms with Gasteiger partial charge in [-0.2, -0.15) is 4.98 Å². The highest BCUT2D eigenvalue weighted by Gasteiger charge is 2.19. The lowest BCUT2D eigenvalue weighted by atomic mass is 9.87. The number of nitrogens with two attached hydrogens (primary N) is 1. The first-order chi connectivity index (χ1) is 8.05. The quantitative estimate of drug-likeness (QED) is 0.857. The summed E-state index contributed by atoms with van der Waals surface area (Å²) in [7, 11) is -3.14. The SMILES string of the molecule is CC(C)(C)CC(N)Cc1nc(CS(C)(=O)=O)no1. The summed E-state index contributed by atoms with van der Waals surface area (Å²) in [5.41, 5.74) is 6.12. The molecule has 0 aliphatic carbocycles. The second kappa shape index (κ2) is 5.36. The van der Waals surface area contributed by atoms with Gasteiger partial charge in [-0.25, -0.2) is 8.42 Å². The van der Waals surface area contributed by atoms with E-state index in [1.165, 1.54) is 0 Å². The fraction of sp³-hybridized carbons (Fsp3) is 0.818. The van der Waals surface area contributed by atoms with E-state index in [1.54, 1.807) is 0 Å². The zero-order valence-corrected chi connectivity index (χ0v) is 12.1. The van der Waals surface area contributed by atoms with Crippen LogP contribution in [0.4, 0.5) is 0 Å². The van der Waals surface area contributed by atoms with Crippen molar-refractivity contribution in [2.75, 3.05) is 6.26 Å². The highest BCUT2D eigenvalue weighted by atomic mass is 32.2. The minimum Gasteiger partial charge on any atom is -0.339 e. The van der Waals surface area contributed by atoms with Gasteiger partial charge >= 0.3 is 0 Å². The van der Waals surface area contributed by atoms with E-state index in [9.17, 15) is 8.42 Å². The maximum absolute atomic E-state index is 11.1. The Morgan fingerprint density at radius 1 is 1.39 bits per heavy atom. The van der Waals surface area contributed by atoms with E-state index >= 15 is 0 Å². The molecule has 6 nitrogen and oxygen atoms in total. The lowest BCUT2D eigenvalue weighted by Crippen LogP contribution is -2.28. The van der Waals surface area contributed by atoms with E-state index in [1.807, 2.05) is 0 Å². The number of nitrogens with zero attached hydrogens (tertiary/aromatic N) is 2. The molecule has 0 saturated heterocycles. The average Bonchev–Trinajstić information content (AvgIpc) is 2.44. The molecule has 1 aromatic rings. The van der Waals surface area contributed by atoms with Crippen molar-refractivity contribution in [2.24, 2.45) is 11.1 Å². The first kappa shape index (κ1) is 15.1. The van der Waals surface area contributed by atoms with E-state index in [0.717, 1.165) is 12.7 Å². The molecule has 1 aromatic heterocycles. The third-order valence-electron chi connectivity index (χ3n) is 2.21. The Bertz CT molecular complexity index is 488. The Morgan fingerprint density at radius 3 is 2.50 bits per heavy atom. The Kier molecular flexibility index (Phi) is 4.50. The molecule has 0 amide bonds. The molecule has 0 aliphatic heterocycles. The standard InChI is InChI=1S/C11H21N3O3S/c1-11(2,3)6-8(12)5-10-13-9(14-17-10)7-18(4,15)16/h8H,5-7,12H2,1-4H3. The number of hydrogen-bond acceptors (Lipinski definition) is 6. The molecular formula is C11H21N3O3S. The van der Waals surface area contributed by atoms with Gasteiger partial charge in [-0.3, -0.25) is 0 Å². The molecule has 7 heteroatoms. The van der Waals surface area contributed by atoms with Gasteiger partial charge in [-0.1, -0.05) is 25.9 Å². The topological polar surface area (TPSA) is 99.1 Å². The molecule has 1 rings (SSSR count). The molecule has 1 unspecified atom stereocenters. The normalized spacial score (nSPS) is 14.7. The van der Waals surface area contributed by atoms with Gasteiger partial charge in [-0.15, -0.1) is 0 Å². The molecule has 0 aromatic carbocycles. The lowest BCUT2D eigenvalue weighted by Gasteiger charge is -2.21. The minimum atomic E-state index is -3.14. The van der Waals surface area contributed by atoms with E-state index in [2.05, 4.69) is 30.9 Å². The molecule has 18 heavy (non-hydrogen) atoms. The third-order valence-corrected chi connectivity index (χ3v) is 3.00. The smallest absolute Gasteiger partial charge is 0.228 e. The van der Waals surface area contributed by atoms with Crippen molar-refractivity contribution in [2.45, 2.75) is 45.4 Å². The van der Waals surface area contributed by atoms with Crippen LogP contribution < -0.4 is 5.73 Å². The monoisotopic (exact) mass is 275 g/mol. The summed E-state index contributed by atoms with van der Waals surface area (Å²) in [6, 6.07) is -0.0727. The van der Waals surface area contributed by atoms with Gasteiger partial charge in [0.25, 0.3) is 0 Å². The molecule has 2 N–H and O–H groups in total. The van der Waals surface area contributed by atoms with Crippen LogP contribution in [-0.2, 0) is 22.0 Å². The van der Waals surface area contributed by atoms with Crippen molar-refractivity contribution >= 4 is 9.84 Å². The maximum atomic E-state index is 11.1. The largest absolute Gasteiger partial charge is 0.339 e. The summed E-state index contributed by atoms with van der Waals surface area (Å²) < 4.78 is 27.1.